The van der Waals surface area contributed by atoms with E-state index in [0.29, 0.717) is 11.5 Å². The van der Waals surface area contributed by atoms with Gasteiger partial charge in [-0.1, -0.05) is 6.07 Å². The summed E-state index contributed by atoms with van der Waals surface area (Å²) in [5.41, 5.74) is 0.791. The lowest BCUT2D eigenvalue weighted by atomic mass is 10.1. The molecule has 7 nitrogen and oxygen atoms in total. The van der Waals surface area contributed by atoms with Gasteiger partial charge in [0, 0.05) is 6.42 Å². The summed E-state index contributed by atoms with van der Waals surface area (Å²) in [6, 6.07) is 7.85. The Hall–Kier alpha value is -2.54. The van der Waals surface area contributed by atoms with Crippen molar-refractivity contribution in [3.05, 3.63) is 51.8 Å². The maximum absolute atomic E-state index is 10.5. The number of aliphatic hydroxyl groups is 1. The number of nitrogens with zero attached hydrogens (tertiary/aromatic N) is 1. The van der Waals surface area contributed by atoms with Gasteiger partial charge in [0.05, 0.1) is 20.3 Å². The SMILES string of the molecule is COc1ccc(CC(O)c2ccc([N+](=O)[O-])o2)cc1OC. The quantitative estimate of drug-likeness (QED) is 0.649. The first-order valence-corrected chi connectivity index (χ1v) is 6.18. The average molecular weight is 293 g/mol. The molecule has 0 bridgehead atoms. The molecule has 0 aliphatic carbocycles. The highest BCUT2D eigenvalue weighted by atomic mass is 16.6. The molecule has 7 heteroatoms. The van der Waals surface area contributed by atoms with Gasteiger partial charge < -0.3 is 19.0 Å². The highest BCUT2D eigenvalue weighted by molar-refractivity contribution is 5.43. The zero-order valence-corrected chi connectivity index (χ0v) is 11.6. The summed E-state index contributed by atoms with van der Waals surface area (Å²) in [6.45, 7) is 0. The number of aliphatic hydroxyl groups excluding tert-OH is 1. The van der Waals surface area contributed by atoms with E-state index in [-0.39, 0.29) is 12.2 Å². The van der Waals surface area contributed by atoms with Gasteiger partial charge in [-0.2, -0.15) is 0 Å². The van der Waals surface area contributed by atoms with E-state index >= 15 is 0 Å². The summed E-state index contributed by atoms with van der Waals surface area (Å²) >= 11 is 0. The van der Waals surface area contributed by atoms with Crippen molar-refractivity contribution >= 4 is 5.88 Å². The zero-order chi connectivity index (χ0) is 15.4. The molecule has 0 spiro atoms. The molecule has 21 heavy (non-hydrogen) atoms. The largest absolute Gasteiger partial charge is 0.493 e. The summed E-state index contributed by atoms with van der Waals surface area (Å²) < 4.78 is 15.3. The fraction of sp³-hybridized carbons (Fsp3) is 0.286. The lowest BCUT2D eigenvalue weighted by Crippen LogP contribution is -2.01. The summed E-state index contributed by atoms with van der Waals surface area (Å²) in [4.78, 5) is 9.90. The van der Waals surface area contributed by atoms with Crippen molar-refractivity contribution < 1.29 is 23.9 Å². The lowest BCUT2D eigenvalue weighted by molar-refractivity contribution is -0.402. The third kappa shape index (κ3) is 3.32. The van der Waals surface area contributed by atoms with Gasteiger partial charge in [-0.15, -0.1) is 0 Å². The molecule has 0 amide bonds. The molecule has 1 atom stereocenters. The number of hydrogen-bond acceptors (Lipinski definition) is 6. The first kappa shape index (κ1) is 14.9. The van der Waals surface area contributed by atoms with Gasteiger partial charge in [-0.3, -0.25) is 10.1 Å². The topological polar surface area (TPSA) is 95.0 Å². The highest BCUT2D eigenvalue weighted by Gasteiger charge is 2.18. The lowest BCUT2D eigenvalue weighted by Gasteiger charge is -2.11. The van der Waals surface area contributed by atoms with E-state index in [2.05, 4.69) is 0 Å². The Labute approximate surface area is 120 Å². The predicted molar refractivity (Wildman–Crippen MR) is 73.6 cm³/mol. The minimum atomic E-state index is -0.975. The van der Waals surface area contributed by atoms with Crippen LogP contribution in [0.4, 0.5) is 5.88 Å². The van der Waals surface area contributed by atoms with Crippen LogP contribution in [0.3, 0.4) is 0 Å². The Morgan fingerprint density at radius 1 is 1.24 bits per heavy atom. The molecule has 1 aromatic heterocycles. The molecule has 2 aromatic rings. The van der Waals surface area contributed by atoms with Gasteiger partial charge in [0.2, 0.25) is 0 Å². The molecule has 0 radical (unpaired) electrons. The minimum absolute atomic E-state index is 0.150. The van der Waals surface area contributed by atoms with Crippen LogP contribution in [0.15, 0.2) is 34.7 Å². The Balaban J connectivity index is 2.14. The van der Waals surface area contributed by atoms with Crippen LogP contribution in [0, 0.1) is 10.1 Å². The summed E-state index contributed by atoms with van der Waals surface area (Å²) in [7, 11) is 3.06. The zero-order valence-electron chi connectivity index (χ0n) is 11.6. The van der Waals surface area contributed by atoms with Crippen molar-refractivity contribution in [1.29, 1.82) is 0 Å². The summed E-state index contributed by atoms with van der Waals surface area (Å²) in [6.07, 6.45) is -0.734. The van der Waals surface area contributed by atoms with Gasteiger partial charge >= 0.3 is 5.88 Å². The van der Waals surface area contributed by atoms with Crippen LogP contribution in [0.2, 0.25) is 0 Å². The van der Waals surface area contributed by atoms with Gasteiger partial charge in [0.15, 0.2) is 11.5 Å². The van der Waals surface area contributed by atoms with E-state index in [4.69, 9.17) is 13.9 Å². The highest BCUT2D eigenvalue weighted by Crippen LogP contribution is 2.30. The predicted octanol–water partition coefficient (Wildman–Crippen LogP) is 2.48. The molecule has 1 heterocycles. The van der Waals surface area contributed by atoms with E-state index in [1.165, 1.54) is 26.4 Å². The number of nitro groups is 1. The number of methoxy groups -OCH3 is 2. The fourth-order valence-electron chi connectivity index (χ4n) is 1.95. The van der Waals surface area contributed by atoms with Crippen LogP contribution in [0.5, 0.6) is 11.5 Å². The molecule has 0 fully saturated rings. The third-order valence-corrected chi connectivity index (χ3v) is 3.00. The second-order valence-electron chi connectivity index (χ2n) is 4.34. The van der Waals surface area contributed by atoms with E-state index in [0.717, 1.165) is 5.56 Å². The monoisotopic (exact) mass is 293 g/mol. The molecule has 112 valence electrons. The Bertz CT molecular complexity index is 636. The molecular weight excluding hydrogens is 278 g/mol. The standard InChI is InChI=1S/C14H15NO6/c1-19-12-4-3-9(8-13(12)20-2)7-10(16)11-5-6-14(21-11)15(17)18/h3-6,8,10,16H,7H2,1-2H3. The maximum atomic E-state index is 10.5. The first-order valence-electron chi connectivity index (χ1n) is 6.18. The number of ether oxygens (including phenoxy) is 2. The van der Waals surface area contributed by atoms with Crippen LogP contribution >= 0.6 is 0 Å². The van der Waals surface area contributed by atoms with Crippen LogP contribution in [0.1, 0.15) is 17.4 Å². The third-order valence-electron chi connectivity index (χ3n) is 3.00. The van der Waals surface area contributed by atoms with E-state index in [9.17, 15) is 15.2 Å². The van der Waals surface area contributed by atoms with E-state index < -0.39 is 16.9 Å². The van der Waals surface area contributed by atoms with Crippen LogP contribution < -0.4 is 9.47 Å². The van der Waals surface area contributed by atoms with Gasteiger partial charge in [0.25, 0.3) is 0 Å². The second kappa shape index (κ2) is 6.27. The number of rotatable bonds is 6. The smallest absolute Gasteiger partial charge is 0.433 e. The van der Waals surface area contributed by atoms with Crippen molar-refractivity contribution in [2.75, 3.05) is 14.2 Å². The first-order chi connectivity index (χ1) is 10.0. The van der Waals surface area contributed by atoms with Crippen molar-refractivity contribution in [3.63, 3.8) is 0 Å². The molecule has 0 aliphatic heterocycles. The molecular formula is C14H15NO6. The normalized spacial score (nSPS) is 12.0. The van der Waals surface area contributed by atoms with E-state index in [1.807, 2.05) is 0 Å². The Morgan fingerprint density at radius 2 is 1.95 bits per heavy atom. The number of benzene rings is 1. The minimum Gasteiger partial charge on any atom is -0.493 e. The maximum Gasteiger partial charge on any atom is 0.433 e. The van der Waals surface area contributed by atoms with Crippen molar-refractivity contribution in [2.45, 2.75) is 12.5 Å². The van der Waals surface area contributed by atoms with Crippen molar-refractivity contribution in [2.24, 2.45) is 0 Å². The summed E-state index contributed by atoms with van der Waals surface area (Å²) in [5, 5.41) is 20.6. The van der Waals surface area contributed by atoms with Crippen LogP contribution in [-0.2, 0) is 6.42 Å². The van der Waals surface area contributed by atoms with Gasteiger partial charge in [-0.25, -0.2) is 0 Å². The Kier molecular flexibility index (Phi) is 4.44. The fourth-order valence-corrected chi connectivity index (χ4v) is 1.95. The van der Waals surface area contributed by atoms with Crippen LogP contribution in [0.25, 0.3) is 0 Å². The molecule has 2 rings (SSSR count). The molecule has 0 aliphatic rings. The number of hydrogen-bond donors (Lipinski definition) is 1. The van der Waals surface area contributed by atoms with Crippen molar-refractivity contribution in [3.8, 4) is 11.5 Å². The number of furan rings is 1. The summed E-state index contributed by atoms with van der Waals surface area (Å²) in [5.74, 6) is 0.893. The molecule has 0 saturated carbocycles. The second-order valence-corrected chi connectivity index (χ2v) is 4.34. The van der Waals surface area contributed by atoms with Gasteiger partial charge in [0.1, 0.15) is 16.8 Å². The molecule has 1 N–H and O–H groups in total. The molecule has 0 saturated heterocycles. The molecule has 1 aromatic carbocycles. The van der Waals surface area contributed by atoms with Crippen molar-refractivity contribution in [1.82, 2.24) is 0 Å². The van der Waals surface area contributed by atoms with Crippen LogP contribution in [-0.4, -0.2) is 24.2 Å². The van der Waals surface area contributed by atoms with Gasteiger partial charge in [-0.05, 0) is 23.8 Å². The van der Waals surface area contributed by atoms with E-state index in [1.54, 1.807) is 18.2 Å². The Morgan fingerprint density at radius 3 is 2.52 bits per heavy atom. The average Bonchev–Trinajstić information content (AvgIpc) is 2.97. The molecule has 1 unspecified atom stereocenters.